The average molecular weight is 316 g/mol. The van der Waals surface area contributed by atoms with Gasteiger partial charge in [-0.1, -0.05) is 0 Å². The summed E-state index contributed by atoms with van der Waals surface area (Å²) in [6.45, 7) is 0.871. The molecule has 2 rings (SSSR count). The van der Waals surface area contributed by atoms with Gasteiger partial charge in [0.25, 0.3) is 11.8 Å². The maximum Gasteiger partial charge on any atom is 0.255 e. The van der Waals surface area contributed by atoms with Crippen LogP contribution in [0, 0.1) is 5.82 Å². The molecule has 0 aliphatic rings. The Morgan fingerprint density at radius 3 is 2.13 bits per heavy atom. The highest BCUT2D eigenvalue weighted by Gasteiger charge is 2.08. The van der Waals surface area contributed by atoms with Crippen LogP contribution in [0.5, 0.6) is 0 Å². The lowest BCUT2D eigenvalue weighted by molar-refractivity contribution is 0.0936. The van der Waals surface area contributed by atoms with E-state index in [-0.39, 0.29) is 11.8 Å². The summed E-state index contributed by atoms with van der Waals surface area (Å²) in [7, 11) is 1.56. The second-order valence-corrected chi connectivity index (χ2v) is 4.79. The molecule has 2 aromatic rings. The number of halogens is 1. The van der Waals surface area contributed by atoms with Crippen molar-refractivity contribution >= 4 is 17.5 Å². The normalized spacial score (nSPS) is 10.2. The van der Waals surface area contributed by atoms with Gasteiger partial charge in [-0.25, -0.2) is 4.39 Å². The molecule has 5 nitrogen and oxygen atoms in total. The van der Waals surface area contributed by atoms with Crippen LogP contribution in [-0.2, 0) is 4.74 Å². The number of methoxy groups -OCH3 is 1. The van der Waals surface area contributed by atoms with E-state index >= 15 is 0 Å². The Kier molecular flexibility index (Phi) is 5.82. The molecule has 0 atom stereocenters. The van der Waals surface area contributed by atoms with Crippen LogP contribution < -0.4 is 10.6 Å². The maximum atomic E-state index is 12.8. The van der Waals surface area contributed by atoms with Gasteiger partial charge in [0.05, 0.1) is 6.61 Å². The predicted molar refractivity (Wildman–Crippen MR) is 85.0 cm³/mol. The number of amides is 2. The van der Waals surface area contributed by atoms with E-state index in [0.717, 1.165) is 0 Å². The number of carbonyl (C=O) groups excluding carboxylic acids is 2. The number of benzene rings is 2. The first-order valence-electron chi connectivity index (χ1n) is 7.04. The summed E-state index contributed by atoms with van der Waals surface area (Å²) in [4.78, 5) is 23.8. The fourth-order valence-electron chi connectivity index (χ4n) is 1.88. The summed E-state index contributed by atoms with van der Waals surface area (Å²) in [6, 6.07) is 11.7. The third kappa shape index (κ3) is 4.89. The molecule has 120 valence electrons. The molecule has 0 radical (unpaired) electrons. The molecule has 0 aromatic heterocycles. The second kappa shape index (κ2) is 8.05. The van der Waals surface area contributed by atoms with E-state index in [4.69, 9.17) is 4.74 Å². The van der Waals surface area contributed by atoms with Gasteiger partial charge in [-0.3, -0.25) is 9.59 Å². The molecule has 0 heterocycles. The fourth-order valence-corrected chi connectivity index (χ4v) is 1.88. The Labute approximate surface area is 133 Å². The van der Waals surface area contributed by atoms with E-state index in [1.54, 1.807) is 31.4 Å². The zero-order valence-electron chi connectivity index (χ0n) is 12.6. The molecule has 0 aliphatic heterocycles. The molecule has 0 unspecified atom stereocenters. The molecule has 0 aliphatic carbocycles. The van der Waals surface area contributed by atoms with Crippen molar-refractivity contribution < 1.29 is 18.7 Å². The largest absolute Gasteiger partial charge is 0.383 e. The van der Waals surface area contributed by atoms with Gasteiger partial charge in [-0.05, 0) is 48.5 Å². The lowest BCUT2D eigenvalue weighted by Gasteiger charge is -2.07. The number of hydrogen-bond donors (Lipinski definition) is 2. The third-order valence-corrected chi connectivity index (χ3v) is 3.10. The minimum Gasteiger partial charge on any atom is -0.383 e. The summed E-state index contributed by atoms with van der Waals surface area (Å²) >= 11 is 0. The van der Waals surface area contributed by atoms with E-state index in [9.17, 15) is 14.0 Å². The van der Waals surface area contributed by atoms with Crippen molar-refractivity contribution in [3.8, 4) is 0 Å². The summed E-state index contributed by atoms with van der Waals surface area (Å²) < 4.78 is 17.7. The monoisotopic (exact) mass is 316 g/mol. The second-order valence-electron chi connectivity index (χ2n) is 4.79. The Balaban J connectivity index is 1.95. The topological polar surface area (TPSA) is 67.4 Å². The van der Waals surface area contributed by atoms with E-state index in [1.807, 2.05) is 0 Å². The number of carbonyl (C=O) groups is 2. The summed E-state index contributed by atoms with van der Waals surface area (Å²) in [5.74, 6) is -0.953. The fraction of sp³-hybridized carbons (Fsp3) is 0.176. The van der Waals surface area contributed by atoms with Crippen LogP contribution in [0.3, 0.4) is 0 Å². The molecule has 2 amide bonds. The average Bonchev–Trinajstić information content (AvgIpc) is 2.56. The van der Waals surface area contributed by atoms with E-state index in [1.165, 1.54) is 24.3 Å². The number of anilines is 1. The summed E-state index contributed by atoms with van der Waals surface area (Å²) in [5.41, 5.74) is 1.39. The van der Waals surface area contributed by atoms with Crippen molar-refractivity contribution in [3.05, 3.63) is 65.5 Å². The van der Waals surface area contributed by atoms with Gasteiger partial charge < -0.3 is 15.4 Å². The summed E-state index contributed by atoms with van der Waals surface area (Å²) in [6.07, 6.45) is 0. The highest BCUT2D eigenvalue weighted by atomic mass is 19.1. The molecular formula is C17H17FN2O3. The van der Waals surface area contributed by atoms with E-state index in [0.29, 0.717) is 30.0 Å². The van der Waals surface area contributed by atoms with Crippen molar-refractivity contribution in [1.82, 2.24) is 5.32 Å². The van der Waals surface area contributed by atoms with Gasteiger partial charge in [0.2, 0.25) is 0 Å². The smallest absolute Gasteiger partial charge is 0.255 e. The first kappa shape index (κ1) is 16.6. The van der Waals surface area contributed by atoms with Crippen molar-refractivity contribution in [3.63, 3.8) is 0 Å². The standard InChI is InChI=1S/C17H17FN2O3/c1-23-11-10-19-16(21)12-4-8-15(9-5-12)20-17(22)13-2-6-14(18)7-3-13/h2-9H,10-11H2,1H3,(H,19,21)(H,20,22). The van der Waals surface area contributed by atoms with Crippen LogP contribution in [0.2, 0.25) is 0 Å². The maximum absolute atomic E-state index is 12.8. The Bertz CT molecular complexity index is 669. The van der Waals surface area contributed by atoms with Gasteiger partial charge in [0.15, 0.2) is 0 Å². The van der Waals surface area contributed by atoms with Crippen LogP contribution in [0.15, 0.2) is 48.5 Å². The van der Waals surface area contributed by atoms with Crippen molar-refractivity contribution in [1.29, 1.82) is 0 Å². The number of rotatable bonds is 6. The number of ether oxygens (including phenoxy) is 1. The van der Waals surface area contributed by atoms with Gasteiger partial charge in [0.1, 0.15) is 5.82 Å². The molecule has 2 aromatic carbocycles. The number of nitrogens with one attached hydrogen (secondary N) is 2. The molecule has 6 heteroatoms. The van der Waals surface area contributed by atoms with Crippen molar-refractivity contribution in [2.75, 3.05) is 25.6 Å². The van der Waals surface area contributed by atoms with Crippen LogP contribution in [0.4, 0.5) is 10.1 Å². The predicted octanol–water partition coefficient (Wildman–Crippen LogP) is 2.45. The first-order valence-corrected chi connectivity index (χ1v) is 7.04. The zero-order valence-corrected chi connectivity index (χ0v) is 12.6. The molecule has 0 fully saturated rings. The van der Waals surface area contributed by atoms with Gasteiger partial charge in [0, 0.05) is 30.5 Å². The van der Waals surface area contributed by atoms with Gasteiger partial charge in [-0.15, -0.1) is 0 Å². The lowest BCUT2D eigenvalue weighted by atomic mass is 10.1. The van der Waals surface area contributed by atoms with E-state index < -0.39 is 5.82 Å². The SMILES string of the molecule is COCCNC(=O)c1ccc(NC(=O)c2ccc(F)cc2)cc1. The Hall–Kier alpha value is -2.73. The zero-order chi connectivity index (χ0) is 16.7. The third-order valence-electron chi connectivity index (χ3n) is 3.10. The highest BCUT2D eigenvalue weighted by molar-refractivity contribution is 6.04. The van der Waals surface area contributed by atoms with Gasteiger partial charge >= 0.3 is 0 Å². The lowest BCUT2D eigenvalue weighted by Crippen LogP contribution is -2.26. The summed E-state index contributed by atoms with van der Waals surface area (Å²) in [5, 5.41) is 5.39. The van der Waals surface area contributed by atoms with Crippen LogP contribution >= 0.6 is 0 Å². The molecule has 23 heavy (non-hydrogen) atoms. The molecule has 0 bridgehead atoms. The highest BCUT2D eigenvalue weighted by Crippen LogP contribution is 2.12. The Morgan fingerprint density at radius 2 is 1.52 bits per heavy atom. The van der Waals surface area contributed by atoms with Crippen LogP contribution in [0.1, 0.15) is 20.7 Å². The number of hydrogen-bond acceptors (Lipinski definition) is 3. The minimum absolute atomic E-state index is 0.210. The molecule has 0 saturated carbocycles. The van der Waals surface area contributed by atoms with Crippen molar-refractivity contribution in [2.24, 2.45) is 0 Å². The van der Waals surface area contributed by atoms with Crippen molar-refractivity contribution in [2.45, 2.75) is 0 Å². The molecule has 0 spiro atoms. The van der Waals surface area contributed by atoms with Crippen LogP contribution in [0.25, 0.3) is 0 Å². The van der Waals surface area contributed by atoms with Gasteiger partial charge in [-0.2, -0.15) is 0 Å². The van der Waals surface area contributed by atoms with Crippen LogP contribution in [-0.4, -0.2) is 32.1 Å². The molecule has 0 saturated heterocycles. The Morgan fingerprint density at radius 1 is 0.957 bits per heavy atom. The quantitative estimate of drug-likeness (QED) is 0.805. The minimum atomic E-state index is -0.398. The molecule has 2 N–H and O–H groups in total. The molecular weight excluding hydrogens is 299 g/mol. The van der Waals surface area contributed by atoms with E-state index in [2.05, 4.69) is 10.6 Å². The first-order chi connectivity index (χ1) is 11.1.